The lowest BCUT2D eigenvalue weighted by molar-refractivity contribution is 0.337. The summed E-state index contributed by atoms with van der Waals surface area (Å²) in [5.74, 6) is 0.556. The minimum absolute atomic E-state index is 0.105. The van der Waals surface area contributed by atoms with E-state index in [2.05, 4.69) is 37.9 Å². The third-order valence-corrected chi connectivity index (χ3v) is 4.64. The van der Waals surface area contributed by atoms with E-state index >= 15 is 0 Å². The summed E-state index contributed by atoms with van der Waals surface area (Å²) in [7, 11) is 0. The Balaban J connectivity index is 2.43. The van der Waals surface area contributed by atoms with Crippen LogP contribution in [0.3, 0.4) is 0 Å². The molecule has 0 aliphatic carbocycles. The molecule has 0 saturated carbocycles. The van der Waals surface area contributed by atoms with Crippen molar-refractivity contribution in [2.75, 3.05) is 6.61 Å². The number of hydrogen-bond donors (Lipinski definition) is 0. The van der Waals surface area contributed by atoms with Crippen LogP contribution in [0.2, 0.25) is 0 Å². The molecule has 1 atom stereocenters. The van der Waals surface area contributed by atoms with E-state index < -0.39 is 0 Å². The second-order valence-electron chi connectivity index (χ2n) is 4.51. The standard InChI is InChI=1S/C16H15Br2FO/c1-3-20-15-7-4-10(2)8-12(15)16(18)11-5-6-13(17)14(19)9-11/h4-9,16H,3H2,1-2H3. The van der Waals surface area contributed by atoms with E-state index in [9.17, 15) is 4.39 Å². The molecule has 4 heteroatoms. The number of aryl methyl sites for hydroxylation is 1. The Kier molecular flexibility index (Phi) is 5.22. The summed E-state index contributed by atoms with van der Waals surface area (Å²) in [6.07, 6.45) is 0. The number of rotatable bonds is 4. The summed E-state index contributed by atoms with van der Waals surface area (Å²) in [4.78, 5) is -0.105. The second-order valence-corrected chi connectivity index (χ2v) is 6.28. The zero-order valence-corrected chi connectivity index (χ0v) is 14.5. The summed E-state index contributed by atoms with van der Waals surface area (Å²) in [5.41, 5.74) is 3.01. The van der Waals surface area contributed by atoms with Crippen molar-refractivity contribution in [3.8, 4) is 5.75 Å². The monoisotopic (exact) mass is 400 g/mol. The van der Waals surface area contributed by atoms with Crippen LogP contribution in [0.15, 0.2) is 40.9 Å². The van der Waals surface area contributed by atoms with Gasteiger partial charge < -0.3 is 4.74 Å². The molecule has 1 unspecified atom stereocenters. The Hall–Kier alpha value is -0.870. The van der Waals surface area contributed by atoms with Gasteiger partial charge in [0.15, 0.2) is 0 Å². The predicted octanol–water partition coefficient (Wildman–Crippen LogP) is 5.78. The topological polar surface area (TPSA) is 9.23 Å². The second kappa shape index (κ2) is 6.72. The lowest BCUT2D eigenvalue weighted by Gasteiger charge is -2.17. The average molecular weight is 402 g/mol. The van der Waals surface area contributed by atoms with Crippen LogP contribution in [-0.4, -0.2) is 6.61 Å². The van der Waals surface area contributed by atoms with Gasteiger partial charge in [-0.25, -0.2) is 4.39 Å². The third kappa shape index (κ3) is 3.41. The van der Waals surface area contributed by atoms with E-state index in [0.717, 1.165) is 22.4 Å². The van der Waals surface area contributed by atoms with Crippen molar-refractivity contribution in [1.29, 1.82) is 0 Å². The number of benzene rings is 2. The highest BCUT2D eigenvalue weighted by molar-refractivity contribution is 9.10. The fourth-order valence-electron chi connectivity index (χ4n) is 2.00. The molecule has 0 aliphatic rings. The minimum Gasteiger partial charge on any atom is -0.494 e. The van der Waals surface area contributed by atoms with Crippen molar-refractivity contribution >= 4 is 31.9 Å². The molecule has 0 heterocycles. The Morgan fingerprint density at radius 1 is 1.20 bits per heavy atom. The smallest absolute Gasteiger partial charge is 0.137 e. The van der Waals surface area contributed by atoms with Crippen LogP contribution in [0, 0.1) is 12.7 Å². The fraction of sp³-hybridized carbons (Fsp3) is 0.250. The van der Waals surface area contributed by atoms with Crippen molar-refractivity contribution in [2.45, 2.75) is 18.7 Å². The van der Waals surface area contributed by atoms with Gasteiger partial charge in [-0.05, 0) is 53.5 Å². The van der Waals surface area contributed by atoms with Gasteiger partial charge in [-0.2, -0.15) is 0 Å². The van der Waals surface area contributed by atoms with E-state index in [1.807, 2.05) is 32.0 Å². The zero-order valence-electron chi connectivity index (χ0n) is 11.3. The average Bonchev–Trinajstić information content (AvgIpc) is 2.43. The lowest BCUT2D eigenvalue weighted by atomic mass is 10.0. The molecule has 20 heavy (non-hydrogen) atoms. The molecule has 0 aromatic heterocycles. The van der Waals surface area contributed by atoms with Crippen LogP contribution in [-0.2, 0) is 0 Å². The Morgan fingerprint density at radius 3 is 2.60 bits per heavy atom. The van der Waals surface area contributed by atoms with Crippen LogP contribution >= 0.6 is 31.9 Å². The molecule has 0 N–H and O–H groups in total. The van der Waals surface area contributed by atoms with Gasteiger partial charge >= 0.3 is 0 Å². The van der Waals surface area contributed by atoms with Gasteiger partial charge in [0.1, 0.15) is 11.6 Å². The maximum Gasteiger partial charge on any atom is 0.137 e. The van der Waals surface area contributed by atoms with Crippen molar-refractivity contribution in [2.24, 2.45) is 0 Å². The predicted molar refractivity (Wildman–Crippen MR) is 87.2 cm³/mol. The minimum atomic E-state index is -0.266. The van der Waals surface area contributed by atoms with Crippen molar-refractivity contribution < 1.29 is 9.13 Å². The number of halogens is 3. The molecule has 0 radical (unpaired) electrons. The number of hydrogen-bond acceptors (Lipinski definition) is 1. The molecule has 2 rings (SSSR count). The summed E-state index contributed by atoms with van der Waals surface area (Å²) in [6.45, 7) is 4.58. The molecule has 2 aromatic carbocycles. The molecule has 0 bridgehead atoms. The van der Waals surface area contributed by atoms with Gasteiger partial charge in [0.25, 0.3) is 0 Å². The van der Waals surface area contributed by atoms with E-state index in [4.69, 9.17) is 4.74 Å². The quantitative estimate of drug-likeness (QED) is 0.590. The Morgan fingerprint density at radius 2 is 1.95 bits per heavy atom. The maximum absolute atomic E-state index is 13.7. The molecule has 106 valence electrons. The van der Waals surface area contributed by atoms with Gasteiger partial charge in [-0.15, -0.1) is 0 Å². The van der Waals surface area contributed by atoms with Crippen molar-refractivity contribution in [1.82, 2.24) is 0 Å². The molecule has 1 nitrogen and oxygen atoms in total. The molecule has 0 saturated heterocycles. The largest absolute Gasteiger partial charge is 0.494 e. The normalized spacial score (nSPS) is 12.2. The molecule has 0 amide bonds. The third-order valence-electron chi connectivity index (χ3n) is 2.97. The molecular weight excluding hydrogens is 387 g/mol. The summed E-state index contributed by atoms with van der Waals surface area (Å²) >= 11 is 6.82. The van der Waals surface area contributed by atoms with Crippen LogP contribution in [0.4, 0.5) is 4.39 Å². The van der Waals surface area contributed by atoms with Gasteiger partial charge in [0, 0.05) is 5.56 Å². The lowest BCUT2D eigenvalue weighted by Crippen LogP contribution is -2.01. The maximum atomic E-state index is 13.7. The van der Waals surface area contributed by atoms with Crippen LogP contribution in [0.5, 0.6) is 5.75 Å². The first-order chi connectivity index (χ1) is 9.52. The summed E-state index contributed by atoms with van der Waals surface area (Å²) in [6, 6.07) is 11.2. The first-order valence-electron chi connectivity index (χ1n) is 6.35. The van der Waals surface area contributed by atoms with Crippen molar-refractivity contribution in [3.05, 3.63) is 63.4 Å². The molecule has 2 aromatic rings. The Bertz CT molecular complexity index is 613. The van der Waals surface area contributed by atoms with E-state index in [1.165, 1.54) is 6.07 Å². The van der Waals surface area contributed by atoms with Crippen LogP contribution < -0.4 is 4.74 Å². The Labute approximate surface area is 135 Å². The van der Waals surface area contributed by atoms with Crippen LogP contribution in [0.1, 0.15) is 28.4 Å². The first-order valence-corrected chi connectivity index (χ1v) is 8.06. The number of ether oxygens (including phenoxy) is 1. The molecule has 0 spiro atoms. The van der Waals surface area contributed by atoms with Crippen molar-refractivity contribution in [3.63, 3.8) is 0 Å². The first kappa shape index (κ1) is 15.5. The fourth-order valence-corrected chi connectivity index (χ4v) is 2.89. The van der Waals surface area contributed by atoms with E-state index in [0.29, 0.717) is 11.1 Å². The highest BCUT2D eigenvalue weighted by atomic mass is 79.9. The van der Waals surface area contributed by atoms with Gasteiger partial charge in [-0.3, -0.25) is 0 Å². The molecular formula is C16H15Br2FO. The molecule has 0 fully saturated rings. The molecule has 0 aliphatic heterocycles. The van der Waals surface area contributed by atoms with Gasteiger partial charge in [0.2, 0.25) is 0 Å². The highest BCUT2D eigenvalue weighted by Crippen LogP contribution is 2.38. The van der Waals surface area contributed by atoms with E-state index in [1.54, 1.807) is 6.07 Å². The highest BCUT2D eigenvalue weighted by Gasteiger charge is 2.17. The number of alkyl halides is 1. The van der Waals surface area contributed by atoms with E-state index in [-0.39, 0.29) is 10.6 Å². The SMILES string of the molecule is CCOc1ccc(C)cc1C(Br)c1ccc(Br)c(F)c1. The zero-order chi connectivity index (χ0) is 14.7. The summed E-state index contributed by atoms with van der Waals surface area (Å²) < 4.78 is 19.8. The van der Waals surface area contributed by atoms with Gasteiger partial charge in [-0.1, -0.05) is 39.7 Å². The van der Waals surface area contributed by atoms with Gasteiger partial charge in [0.05, 0.1) is 15.9 Å². The van der Waals surface area contributed by atoms with Crippen LogP contribution in [0.25, 0.3) is 0 Å². The summed E-state index contributed by atoms with van der Waals surface area (Å²) in [5, 5.41) is 0.